The van der Waals surface area contributed by atoms with Crippen molar-refractivity contribution in [3.05, 3.63) is 0 Å². The van der Waals surface area contributed by atoms with Crippen LogP contribution in [0.5, 0.6) is 0 Å². The molecule has 2 fully saturated rings. The first-order chi connectivity index (χ1) is 7.26. The van der Waals surface area contributed by atoms with Crippen LogP contribution in [0.2, 0.25) is 0 Å². The lowest BCUT2D eigenvalue weighted by Crippen LogP contribution is -2.56. The van der Waals surface area contributed by atoms with E-state index in [9.17, 15) is 4.79 Å². The highest BCUT2D eigenvalue weighted by molar-refractivity contribution is 6.27. The van der Waals surface area contributed by atoms with Gasteiger partial charge in [0.2, 0.25) is 5.91 Å². The lowest BCUT2D eigenvalue weighted by Gasteiger charge is -2.44. The molecule has 0 saturated carbocycles. The van der Waals surface area contributed by atoms with Crippen molar-refractivity contribution in [3.8, 4) is 0 Å². The van der Waals surface area contributed by atoms with Crippen molar-refractivity contribution in [1.82, 2.24) is 10.2 Å². The molecule has 0 bridgehead atoms. The number of alkyl halides is 1. The van der Waals surface area contributed by atoms with Gasteiger partial charge in [-0.15, -0.1) is 11.6 Å². The Hall–Kier alpha value is -0.320. The molecule has 2 heterocycles. The molecule has 15 heavy (non-hydrogen) atoms. The number of likely N-dealkylation sites (tertiary alicyclic amines) is 1. The van der Waals surface area contributed by atoms with Gasteiger partial charge >= 0.3 is 0 Å². The van der Waals surface area contributed by atoms with Crippen LogP contribution < -0.4 is 5.32 Å². The van der Waals surface area contributed by atoms with E-state index in [2.05, 4.69) is 5.32 Å². The number of piperidine rings is 1. The summed E-state index contributed by atoms with van der Waals surface area (Å²) in [6.07, 6.45) is 1.84. The third-order valence-corrected chi connectivity index (χ3v) is 3.50. The van der Waals surface area contributed by atoms with Crippen molar-refractivity contribution in [2.45, 2.75) is 18.4 Å². The summed E-state index contributed by atoms with van der Waals surface area (Å²) < 4.78 is 5.83. The molecule has 2 rings (SSSR count). The predicted molar refractivity (Wildman–Crippen MR) is 58.1 cm³/mol. The van der Waals surface area contributed by atoms with E-state index in [0.29, 0.717) is 0 Å². The third kappa shape index (κ3) is 2.44. The monoisotopic (exact) mass is 232 g/mol. The average Bonchev–Trinajstić information content (AvgIpc) is 2.30. The van der Waals surface area contributed by atoms with Crippen LogP contribution in [0, 0.1) is 0 Å². The maximum Gasteiger partial charge on any atom is 0.237 e. The van der Waals surface area contributed by atoms with Gasteiger partial charge in [-0.1, -0.05) is 0 Å². The van der Waals surface area contributed by atoms with Gasteiger partial charge in [-0.3, -0.25) is 4.79 Å². The number of nitrogens with zero attached hydrogens (tertiary/aromatic N) is 1. The molecular weight excluding hydrogens is 216 g/mol. The molecule has 1 N–H and O–H groups in total. The van der Waals surface area contributed by atoms with Gasteiger partial charge in [-0.25, -0.2) is 0 Å². The van der Waals surface area contributed by atoms with Gasteiger partial charge in [0, 0.05) is 26.2 Å². The van der Waals surface area contributed by atoms with E-state index < -0.39 is 0 Å². The molecule has 2 aliphatic rings. The van der Waals surface area contributed by atoms with Crippen LogP contribution in [-0.4, -0.2) is 55.1 Å². The Morgan fingerprint density at radius 1 is 1.47 bits per heavy atom. The molecule has 0 radical (unpaired) electrons. The highest BCUT2D eigenvalue weighted by Crippen LogP contribution is 2.27. The SMILES string of the molecule is O=C(CCl)N1CCC2(CC1)CNCCO2. The Bertz CT molecular complexity index is 232. The molecular formula is C10H17ClN2O2. The van der Waals surface area contributed by atoms with E-state index in [4.69, 9.17) is 16.3 Å². The molecule has 0 unspecified atom stereocenters. The zero-order chi connectivity index (χ0) is 10.7. The number of carbonyl (C=O) groups is 1. The fourth-order valence-corrected chi connectivity index (χ4v) is 2.45. The Morgan fingerprint density at radius 3 is 2.73 bits per heavy atom. The maximum absolute atomic E-state index is 11.4. The quantitative estimate of drug-likeness (QED) is 0.657. The van der Waals surface area contributed by atoms with Crippen LogP contribution >= 0.6 is 11.6 Å². The van der Waals surface area contributed by atoms with Gasteiger partial charge in [-0.2, -0.15) is 0 Å². The van der Waals surface area contributed by atoms with Gasteiger partial charge in [0.15, 0.2) is 0 Å². The minimum absolute atomic E-state index is 0.0264. The second kappa shape index (κ2) is 4.68. The molecule has 1 spiro atoms. The van der Waals surface area contributed by atoms with Gasteiger partial charge in [-0.05, 0) is 12.8 Å². The maximum atomic E-state index is 11.4. The minimum atomic E-state index is -0.0264. The van der Waals surface area contributed by atoms with Crippen molar-refractivity contribution >= 4 is 17.5 Å². The minimum Gasteiger partial charge on any atom is -0.372 e. The largest absolute Gasteiger partial charge is 0.372 e. The molecule has 0 aromatic carbocycles. The van der Waals surface area contributed by atoms with Crippen LogP contribution in [0.25, 0.3) is 0 Å². The molecule has 86 valence electrons. The normalized spacial score (nSPS) is 25.5. The van der Waals surface area contributed by atoms with Crippen LogP contribution in [-0.2, 0) is 9.53 Å². The summed E-state index contributed by atoms with van der Waals surface area (Å²) in [6, 6.07) is 0. The van der Waals surface area contributed by atoms with Crippen molar-refractivity contribution in [2.75, 3.05) is 38.7 Å². The van der Waals surface area contributed by atoms with Crippen molar-refractivity contribution in [1.29, 1.82) is 0 Å². The fraction of sp³-hybridized carbons (Fsp3) is 0.900. The average molecular weight is 233 g/mol. The second-order valence-electron chi connectivity index (χ2n) is 4.22. The molecule has 1 amide bonds. The zero-order valence-corrected chi connectivity index (χ0v) is 9.55. The van der Waals surface area contributed by atoms with E-state index in [-0.39, 0.29) is 17.4 Å². The van der Waals surface area contributed by atoms with Crippen LogP contribution in [0.1, 0.15) is 12.8 Å². The summed E-state index contributed by atoms with van der Waals surface area (Å²) in [5, 5.41) is 3.35. The number of hydrogen-bond acceptors (Lipinski definition) is 3. The predicted octanol–water partition coefficient (Wildman–Crippen LogP) is 0.206. The number of ether oxygens (including phenoxy) is 1. The summed E-state index contributed by atoms with van der Waals surface area (Å²) in [5.41, 5.74) is -0.0264. The summed E-state index contributed by atoms with van der Waals surface area (Å²) in [4.78, 5) is 13.2. The molecule has 2 saturated heterocycles. The third-order valence-electron chi connectivity index (χ3n) is 3.28. The fourth-order valence-electron chi connectivity index (χ4n) is 2.28. The molecule has 0 aromatic heterocycles. The zero-order valence-electron chi connectivity index (χ0n) is 8.80. The first-order valence-electron chi connectivity index (χ1n) is 5.44. The molecule has 0 aromatic rings. The first kappa shape index (κ1) is 11.2. The van der Waals surface area contributed by atoms with E-state index in [1.54, 1.807) is 0 Å². The van der Waals surface area contributed by atoms with E-state index in [1.165, 1.54) is 0 Å². The molecule has 0 aliphatic carbocycles. The molecule has 4 nitrogen and oxygen atoms in total. The number of rotatable bonds is 1. The number of morpholine rings is 1. The van der Waals surface area contributed by atoms with E-state index in [1.807, 2.05) is 4.90 Å². The molecule has 2 aliphatic heterocycles. The summed E-state index contributed by atoms with van der Waals surface area (Å²) in [7, 11) is 0. The highest BCUT2D eigenvalue weighted by atomic mass is 35.5. The lowest BCUT2D eigenvalue weighted by atomic mass is 9.90. The Labute approximate surface area is 94.9 Å². The summed E-state index contributed by atoms with van der Waals surface area (Å²) in [5.74, 6) is 0.127. The summed E-state index contributed by atoms with van der Waals surface area (Å²) >= 11 is 5.53. The van der Waals surface area contributed by atoms with E-state index >= 15 is 0 Å². The summed E-state index contributed by atoms with van der Waals surface area (Å²) in [6.45, 7) is 4.17. The number of carbonyl (C=O) groups excluding carboxylic acids is 1. The van der Waals surface area contributed by atoms with Crippen molar-refractivity contribution < 1.29 is 9.53 Å². The van der Waals surface area contributed by atoms with Gasteiger partial charge in [0.25, 0.3) is 0 Å². The van der Waals surface area contributed by atoms with Gasteiger partial charge in [0.1, 0.15) is 5.88 Å². The van der Waals surface area contributed by atoms with E-state index in [0.717, 1.165) is 45.6 Å². The number of nitrogens with one attached hydrogen (secondary N) is 1. The van der Waals surface area contributed by atoms with Crippen molar-refractivity contribution in [3.63, 3.8) is 0 Å². The lowest BCUT2D eigenvalue weighted by molar-refractivity contribution is -0.138. The van der Waals surface area contributed by atoms with Gasteiger partial charge in [0.05, 0.1) is 12.2 Å². The topological polar surface area (TPSA) is 41.6 Å². The van der Waals surface area contributed by atoms with Crippen LogP contribution in [0.15, 0.2) is 0 Å². The Balaban J connectivity index is 1.88. The standard InChI is InChI=1S/C10H17ClN2O2/c11-7-9(14)13-4-1-10(2-5-13)8-12-3-6-15-10/h12H,1-8H2. The first-order valence-corrected chi connectivity index (χ1v) is 5.98. The Kier molecular flexibility index (Phi) is 3.49. The second-order valence-corrected chi connectivity index (χ2v) is 4.49. The molecule has 0 atom stereocenters. The van der Waals surface area contributed by atoms with Crippen molar-refractivity contribution in [2.24, 2.45) is 0 Å². The highest BCUT2D eigenvalue weighted by Gasteiger charge is 2.37. The van der Waals surface area contributed by atoms with Crippen LogP contribution in [0.3, 0.4) is 0 Å². The van der Waals surface area contributed by atoms with Crippen LogP contribution in [0.4, 0.5) is 0 Å². The smallest absolute Gasteiger partial charge is 0.237 e. The number of amides is 1. The van der Waals surface area contributed by atoms with Gasteiger partial charge < -0.3 is 15.0 Å². The molecule has 5 heteroatoms. The number of hydrogen-bond donors (Lipinski definition) is 1. The number of halogens is 1. The Morgan fingerprint density at radius 2 is 2.20 bits per heavy atom.